The molecule has 0 radical (unpaired) electrons. The van der Waals surface area contributed by atoms with Crippen molar-refractivity contribution in [3.63, 3.8) is 0 Å². The molecule has 0 aliphatic rings. The smallest absolute Gasteiger partial charge is 0.182 e. The van der Waals surface area contributed by atoms with Gasteiger partial charge in [0.25, 0.3) is 0 Å². The summed E-state index contributed by atoms with van der Waals surface area (Å²) >= 11 is 0. The summed E-state index contributed by atoms with van der Waals surface area (Å²) in [6.45, 7) is 1.94. The van der Waals surface area contributed by atoms with E-state index < -0.39 is 0 Å². The number of nitrogens with two attached hydrogens (primary N) is 1. The Hall–Kier alpha value is -2.73. The maximum atomic E-state index is 5.58. The third-order valence-electron chi connectivity index (χ3n) is 3.27. The van der Waals surface area contributed by atoms with E-state index in [9.17, 15) is 0 Å². The second-order valence-electron chi connectivity index (χ2n) is 4.75. The van der Waals surface area contributed by atoms with Crippen molar-refractivity contribution in [2.45, 2.75) is 6.92 Å². The molecule has 0 spiro atoms. The van der Waals surface area contributed by atoms with E-state index in [1.54, 1.807) is 4.68 Å². The number of anilines is 1. The van der Waals surface area contributed by atoms with Crippen LogP contribution in [0, 0.1) is 6.92 Å². The molecule has 0 amide bonds. The average molecular weight is 280 g/mol. The summed E-state index contributed by atoms with van der Waals surface area (Å²) in [5.41, 5.74) is 6.12. The minimum Gasteiger partial charge on any atom is -0.308 e. The summed E-state index contributed by atoms with van der Waals surface area (Å²) in [6, 6.07) is 11.8. The Morgan fingerprint density at radius 1 is 1.10 bits per heavy atom. The van der Waals surface area contributed by atoms with Crippen LogP contribution in [0.15, 0.2) is 42.6 Å². The molecule has 0 atom stereocenters. The lowest BCUT2D eigenvalue weighted by Crippen LogP contribution is -2.12. The van der Waals surface area contributed by atoms with E-state index in [1.165, 1.54) is 0 Å². The Morgan fingerprint density at radius 3 is 2.48 bits per heavy atom. The molecule has 0 saturated heterocycles. The molecule has 3 N–H and O–H groups in total. The summed E-state index contributed by atoms with van der Waals surface area (Å²) in [5.74, 6) is 6.73. The minimum absolute atomic E-state index is 0.549. The molecule has 106 valence electrons. The highest BCUT2D eigenvalue weighted by molar-refractivity contribution is 5.70. The van der Waals surface area contributed by atoms with Gasteiger partial charge in [-0.2, -0.15) is 5.10 Å². The lowest BCUT2D eigenvalue weighted by molar-refractivity contribution is 0.768. The number of nitrogens with one attached hydrogen (secondary N) is 1. The molecule has 3 aromatic rings. The van der Waals surface area contributed by atoms with E-state index >= 15 is 0 Å². The van der Waals surface area contributed by atoms with Gasteiger partial charge in [-0.25, -0.2) is 15.8 Å². The van der Waals surface area contributed by atoms with Crippen molar-refractivity contribution in [3.05, 3.63) is 48.2 Å². The van der Waals surface area contributed by atoms with E-state index in [-0.39, 0.29) is 0 Å². The monoisotopic (exact) mass is 280 g/mol. The molecule has 0 saturated carbocycles. The molecule has 6 nitrogen and oxygen atoms in total. The first-order valence-corrected chi connectivity index (χ1v) is 6.59. The molecule has 3 rings (SSSR count). The van der Waals surface area contributed by atoms with Gasteiger partial charge >= 0.3 is 0 Å². The van der Waals surface area contributed by atoms with E-state index in [2.05, 4.69) is 20.5 Å². The highest BCUT2D eigenvalue weighted by Crippen LogP contribution is 2.27. The molecule has 6 heteroatoms. The van der Waals surface area contributed by atoms with Crippen molar-refractivity contribution < 1.29 is 0 Å². The number of nitrogens with zero attached hydrogens (tertiary/aromatic N) is 4. The Bertz CT molecular complexity index is 763. The minimum atomic E-state index is 0.549. The standard InChI is InChI=1S/C15H16N6/c1-10-13(11-6-4-3-5-7-11)17-15(18-14(10)19-16)12-8-9-21(2)20-12/h3-9H,16H2,1-2H3,(H,17,18,19). The Balaban J connectivity index is 2.20. The SMILES string of the molecule is Cc1c(NN)nc(-c2ccn(C)n2)nc1-c1ccccc1. The molecule has 0 fully saturated rings. The first kappa shape index (κ1) is 13.3. The summed E-state index contributed by atoms with van der Waals surface area (Å²) in [5, 5.41) is 4.34. The van der Waals surface area contributed by atoms with E-state index in [1.807, 2.05) is 56.6 Å². The normalized spacial score (nSPS) is 10.6. The molecular weight excluding hydrogens is 264 g/mol. The molecule has 0 bridgehead atoms. The van der Waals surface area contributed by atoms with E-state index in [4.69, 9.17) is 5.84 Å². The molecular formula is C15H16N6. The summed E-state index contributed by atoms with van der Waals surface area (Å²) in [4.78, 5) is 9.09. The molecule has 2 heterocycles. The van der Waals surface area contributed by atoms with Gasteiger partial charge in [0.1, 0.15) is 11.5 Å². The number of nitrogen functional groups attached to an aromatic ring is 1. The van der Waals surface area contributed by atoms with Crippen molar-refractivity contribution in [1.29, 1.82) is 0 Å². The van der Waals surface area contributed by atoms with Crippen molar-refractivity contribution in [3.8, 4) is 22.8 Å². The zero-order valence-electron chi connectivity index (χ0n) is 11.9. The van der Waals surface area contributed by atoms with Crippen molar-refractivity contribution >= 4 is 5.82 Å². The van der Waals surface area contributed by atoms with Gasteiger partial charge in [-0.15, -0.1) is 0 Å². The molecule has 21 heavy (non-hydrogen) atoms. The van der Waals surface area contributed by atoms with E-state index in [0.717, 1.165) is 16.8 Å². The lowest BCUT2D eigenvalue weighted by atomic mass is 10.1. The first-order chi connectivity index (χ1) is 10.2. The zero-order chi connectivity index (χ0) is 14.8. The second kappa shape index (κ2) is 5.34. The van der Waals surface area contributed by atoms with Gasteiger partial charge in [-0.05, 0) is 13.0 Å². The maximum absolute atomic E-state index is 5.58. The number of benzene rings is 1. The Labute approximate surface area is 122 Å². The number of aromatic nitrogens is 4. The number of hydrazine groups is 1. The second-order valence-corrected chi connectivity index (χ2v) is 4.75. The molecule has 1 aromatic carbocycles. The Kier molecular flexibility index (Phi) is 3.37. The highest BCUT2D eigenvalue weighted by Gasteiger charge is 2.14. The molecule has 0 aliphatic heterocycles. The third-order valence-corrected chi connectivity index (χ3v) is 3.27. The van der Waals surface area contributed by atoms with Crippen molar-refractivity contribution in [2.75, 3.05) is 5.43 Å². The fraction of sp³-hybridized carbons (Fsp3) is 0.133. The number of rotatable bonds is 3. The lowest BCUT2D eigenvalue weighted by Gasteiger charge is -2.11. The van der Waals surface area contributed by atoms with Crippen LogP contribution in [0.1, 0.15) is 5.56 Å². The van der Waals surface area contributed by atoms with Crippen LogP contribution in [-0.4, -0.2) is 19.7 Å². The van der Waals surface area contributed by atoms with Crippen molar-refractivity contribution in [1.82, 2.24) is 19.7 Å². The van der Waals surface area contributed by atoms with Crippen LogP contribution in [0.5, 0.6) is 0 Å². The van der Waals surface area contributed by atoms with Crippen LogP contribution in [0.2, 0.25) is 0 Å². The van der Waals surface area contributed by atoms with Gasteiger partial charge in [0.15, 0.2) is 5.82 Å². The number of hydrogen-bond acceptors (Lipinski definition) is 5. The zero-order valence-corrected chi connectivity index (χ0v) is 11.9. The quantitative estimate of drug-likeness (QED) is 0.567. The largest absolute Gasteiger partial charge is 0.308 e. The van der Waals surface area contributed by atoms with Crippen molar-refractivity contribution in [2.24, 2.45) is 12.9 Å². The van der Waals surface area contributed by atoms with Crippen LogP contribution >= 0.6 is 0 Å². The topological polar surface area (TPSA) is 81.6 Å². The predicted molar refractivity (Wildman–Crippen MR) is 82.2 cm³/mol. The van der Waals surface area contributed by atoms with Gasteiger partial charge in [0, 0.05) is 24.4 Å². The van der Waals surface area contributed by atoms with Crippen LogP contribution in [-0.2, 0) is 7.05 Å². The average Bonchev–Trinajstić information content (AvgIpc) is 2.95. The predicted octanol–water partition coefficient (Wildman–Crippen LogP) is 2.14. The van der Waals surface area contributed by atoms with E-state index in [0.29, 0.717) is 17.3 Å². The van der Waals surface area contributed by atoms with Gasteiger partial charge < -0.3 is 5.43 Å². The fourth-order valence-electron chi connectivity index (χ4n) is 2.18. The molecule has 0 unspecified atom stereocenters. The third kappa shape index (κ3) is 2.48. The van der Waals surface area contributed by atoms with Gasteiger partial charge in [-0.3, -0.25) is 4.68 Å². The van der Waals surface area contributed by atoms with Gasteiger partial charge in [0.05, 0.1) is 5.69 Å². The maximum Gasteiger partial charge on any atom is 0.182 e. The number of hydrogen-bond donors (Lipinski definition) is 2. The fourth-order valence-corrected chi connectivity index (χ4v) is 2.18. The molecule has 0 aliphatic carbocycles. The first-order valence-electron chi connectivity index (χ1n) is 6.59. The molecule has 2 aromatic heterocycles. The summed E-state index contributed by atoms with van der Waals surface area (Å²) in [7, 11) is 1.86. The highest BCUT2D eigenvalue weighted by atomic mass is 15.3. The van der Waals surface area contributed by atoms with Gasteiger partial charge in [0.2, 0.25) is 0 Å². The van der Waals surface area contributed by atoms with Crippen LogP contribution in [0.3, 0.4) is 0 Å². The number of aryl methyl sites for hydroxylation is 1. The summed E-state index contributed by atoms with van der Waals surface area (Å²) in [6.07, 6.45) is 1.86. The van der Waals surface area contributed by atoms with Crippen LogP contribution in [0.25, 0.3) is 22.8 Å². The summed E-state index contributed by atoms with van der Waals surface area (Å²) < 4.78 is 1.72. The van der Waals surface area contributed by atoms with Crippen LogP contribution in [0.4, 0.5) is 5.82 Å². The Morgan fingerprint density at radius 2 is 1.86 bits per heavy atom. The van der Waals surface area contributed by atoms with Gasteiger partial charge in [-0.1, -0.05) is 30.3 Å². The van der Waals surface area contributed by atoms with Crippen LogP contribution < -0.4 is 11.3 Å².